The van der Waals surface area contributed by atoms with Crippen molar-refractivity contribution in [1.29, 1.82) is 0 Å². The Kier molecular flexibility index (Phi) is 53.4. The number of carbonyl (C=O) groups is 1. The molecule has 1 amide bonds. The van der Waals surface area contributed by atoms with E-state index in [9.17, 15) is 30.3 Å². The number of unbranched alkanes of at least 4 members (excludes halogenated alkanes) is 23. The molecule has 7 unspecified atom stereocenters. The molecule has 79 heavy (non-hydrogen) atoms. The van der Waals surface area contributed by atoms with Gasteiger partial charge in [-0.25, -0.2) is 0 Å². The second-order valence-electron chi connectivity index (χ2n) is 21.4. The van der Waals surface area contributed by atoms with E-state index >= 15 is 0 Å². The van der Waals surface area contributed by atoms with Crippen LogP contribution in [0.5, 0.6) is 0 Å². The van der Waals surface area contributed by atoms with E-state index in [1.54, 1.807) is 6.08 Å². The predicted molar refractivity (Wildman–Crippen MR) is 336 cm³/mol. The van der Waals surface area contributed by atoms with E-state index in [1.165, 1.54) is 96.3 Å². The Balaban J connectivity index is 2.26. The van der Waals surface area contributed by atoms with Crippen LogP contribution in [0.2, 0.25) is 0 Å². The lowest BCUT2D eigenvalue weighted by molar-refractivity contribution is -0.302. The third-order valence-electron chi connectivity index (χ3n) is 14.2. The molecule has 1 heterocycles. The fourth-order valence-electron chi connectivity index (χ4n) is 9.20. The maximum Gasteiger partial charge on any atom is 0.220 e. The first kappa shape index (κ1) is 73.3. The predicted octanol–water partition coefficient (Wildman–Crippen LogP) is 16.9. The molecular weight excluding hydrogens is 983 g/mol. The maximum absolute atomic E-state index is 13.1. The number of hydrogen-bond acceptors (Lipinski definition) is 8. The van der Waals surface area contributed by atoms with Gasteiger partial charge < -0.3 is 40.3 Å². The number of rotatable bonds is 53. The van der Waals surface area contributed by atoms with Crippen LogP contribution in [0.1, 0.15) is 245 Å². The third kappa shape index (κ3) is 46.6. The summed E-state index contributed by atoms with van der Waals surface area (Å²) >= 11 is 0. The average molecular weight is 1100 g/mol. The van der Waals surface area contributed by atoms with Crippen molar-refractivity contribution in [3.8, 4) is 0 Å². The smallest absolute Gasteiger partial charge is 0.220 e. The molecule has 0 radical (unpaired) electrons. The Morgan fingerprint density at radius 1 is 0.443 bits per heavy atom. The second kappa shape index (κ2) is 57.6. The Morgan fingerprint density at radius 2 is 0.797 bits per heavy atom. The molecule has 0 aromatic carbocycles. The van der Waals surface area contributed by atoms with Crippen molar-refractivity contribution in [3.63, 3.8) is 0 Å². The van der Waals surface area contributed by atoms with Crippen LogP contribution >= 0.6 is 0 Å². The second-order valence-corrected chi connectivity index (χ2v) is 21.4. The molecule has 0 aliphatic carbocycles. The molecule has 7 atom stereocenters. The minimum atomic E-state index is -1.59. The highest BCUT2D eigenvalue weighted by molar-refractivity contribution is 5.76. The highest BCUT2D eigenvalue weighted by Gasteiger charge is 2.44. The van der Waals surface area contributed by atoms with Gasteiger partial charge in [0.25, 0.3) is 0 Å². The lowest BCUT2D eigenvalue weighted by atomic mass is 9.99. The summed E-state index contributed by atoms with van der Waals surface area (Å²) in [5.74, 6) is -0.210. The molecule has 1 aliphatic heterocycles. The van der Waals surface area contributed by atoms with E-state index in [-0.39, 0.29) is 12.5 Å². The molecule has 1 saturated heterocycles. The Labute approximate surface area is 483 Å². The molecule has 1 rings (SSSR count). The van der Waals surface area contributed by atoms with Gasteiger partial charge in [0.05, 0.1) is 25.4 Å². The van der Waals surface area contributed by atoms with Crippen LogP contribution in [0.15, 0.2) is 134 Å². The van der Waals surface area contributed by atoms with Crippen LogP contribution in [0.4, 0.5) is 0 Å². The molecule has 1 aliphatic rings. The van der Waals surface area contributed by atoms with E-state index in [0.29, 0.717) is 6.42 Å². The SMILES string of the molecule is CC/C=C\C/C=C\C/C=C\C/C=C\C/C=C\C/C=C\C/C=C\C/C=C\CCCCCCCCC(=O)NC(COC1OC(CO)C(O)C(O)C1O)C(O)/C=C/CC/C=C/CC/C=C/CCCCCCCCCCCCCCCCC. The summed E-state index contributed by atoms with van der Waals surface area (Å²) in [6.07, 6.45) is 81.0. The lowest BCUT2D eigenvalue weighted by Crippen LogP contribution is -2.60. The number of allylic oxidation sites excluding steroid dienone is 21. The van der Waals surface area contributed by atoms with Crippen LogP contribution < -0.4 is 5.32 Å². The fraction of sp³-hybridized carbons (Fsp3) is 0.671. The van der Waals surface area contributed by atoms with Gasteiger partial charge >= 0.3 is 0 Å². The van der Waals surface area contributed by atoms with Gasteiger partial charge in [-0.1, -0.05) is 263 Å². The molecular formula is C70H117NO8. The topological polar surface area (TPSA) is 149 Å². The van der Waals surface area contributed by atoms with Crippen LogP contribution in [-0.2, 0) is 14.3 Å². The normalized spacial score (nSPS) is 19.5. The summed E-state index contributed by atoms with van der Waals surface area (Å²) in [4.78, 5) is 13.1. The number of aliphatic hydroxyl groups excluding tert-OH is 5. The summed E-state index contributed by atoms with van der Waals surface area (Å²) < 4.78 is 11.3. The molecule has 6 N–H and O–H groups in total. The van der Waals surface area contributed by atoms with Crippen LogP contribution in [0, 0.1) is 0 Å². The van der Waals surface area contributed by atoms with E-state index in [2.05, 4.69) is 141 Å². The van der Waals surface area contributed by atoms with Crippen molar-refractivity contribution in [3.05, 3.63) is 134 Å². The zero-order valence-corrected chi connectivity index (χ0v) is 50.1. The summed E-state index contributed by atoms with van der Waals surface area (Å²) in [7, 11) is 0. The summed E-state index contributed by atoms with van der Waals surface area (Å²) in [5, 5.41) is 54.6. The van der Waals surface area contributed by atoms with Crippen molar-refractivity contribution in [1.82, 2.24) is 5.32 Å². The van der Waals surface area contributed by atoms with Crippen molar-refractivity contribution in [2.75, 3.05) is 13.2 Å². The molecule has 9 heteroatoms. The Morgan fingerprint density at radius 3 is 1.22 bits per heavy atom. The van der Waals surface area contributed by atoms with E-state index in [0.717, 1.165) is 128 Å². The van der Waals surface area contributed by atoms with Gasteiger partial charge in [0.15, 0.2) is 6.29 Å². The zero-order chi connectivity index (χ0) is 57.2. The quantitative estimate of drug-likeness (QED) is 0.0261. The van der Waals surface area contributed by atoms with Crippen LogP contribution in [-0.4, -0.2) is 87.5 Å². The van der Waals surface area contributed by atoms with Gasteiger partial charge in [-0.3, -0.25) is 4.79 Å². The van der Waals surface area contributed by atoms with Gasteiger partial charge in [0, 0.05) is 6.42 Å². The number of carbonyl (C=O) groups excluding carboxylic acids is 1. The van der Waals surface area contributed by atoms with Crippen LogP contribution in [0.3, 0.4) is 0 Å². The lowest BCUT2D eigenvalue weighted by Gasteiger charge is -2.40. The number of amides is 1. The highest BCUT2D eigenvalue weighted by atomic mass is 16.7. The van der Waals surface area contributed by atoms with Crippen molar-refractivity contribution >= 4 is 5.91 Å². The zero-order valence-electron chi connectivity index (χ0n) is 50.1. The first-order valence-electron chi connectivity index (χ1n) is 31.9. The molecule has 0 spiro atoms. The van der Waals surface area contributed by atoms with Gasteiger partial charge in [-0.2, -0.15) is 0 Å². The maximum atomic E-state index is 13.1. The summed E-state index contributed by atoms with van der Waals surface area (Å²) in [5.41, 5.74) is 0. The van der Waals surface area contributed by atoms with Crippen molar-refractivity contribution in [2.24, 2.45) is 0 Å². The fourth-order valence-corrected chi connectivity index (χ4v) is 9.20. The average Bonchev–Trinajstić information content (AvgIpc) is 3.47. The molecule has 9 nitrogen and oxygen atoms in total. The minimum Gasteiger partial charge on any atom is -0.394 e. The number of nitrogens with one attached hydrogen (secondary N) is 1. The van der Waals surface area contributed by atoms with Crippen LogP contribution in [0.25, 0.3) is 0 Å². The third-order valence-corrected chi connectivity index (χ3v) is 14.2. The first-order valence-corrected chi connectivity index (χ1v) is 31.9. The van der Waals surface area contributed by atoms with E-state index in [4.69, 9.17) is 9.47 Å². The summed E-state index contributed by atoms with van der Waals surface area (Å²) in [6.45, 7) is 3.64. The van der Waals surface area contributed by atoms with Gasteiger partial charge in [-0.15, -0.1) is 0 Å². The molecule has 1 fully saturated rings. The monoisotopic (exact) mass is 1100 g/mol. The Bertz CT molecular complexity index is 1700. The number of aliphatic hydroxyl groups is 5. The van der Waals surface area contributed by atoms with Gasteiger partial charge in [0.2, 0.25) is 5.91 Å². The molecule has 0 aromatic heterocycles. The van der Waals surface area contributed by atoms with Crippen molar-refractivity contribution < 1.29 is 39.8 Å². The number of ether oxygens (including phenoxy) is 2. The highest BCUT2D eigenvalue weighted by Crippen LogP contribution is 2.23. The van der Waals surface area contributed by atoms with Gasteiger partial charge in [-0.05, 0) is 109 Å². The summed E-state index contributed by atoms with van der Waals surface area (Å²) in [6, 6.07) is -0.848. The van der Waals surface area contributed by atoms with Crippen molar-refractivity contribution in [2.45, 2.75) is 288 Å². The molecule has 0 aromatic rings. The Hall–Kier alpha value is -3.67. The standard InChI is InChI=1S/C70H117NO8/c1-3-5-7-9-11-13-15-17-19-21-23-25-27-29-30-31-32-33-34-36-38-40-42-44-46-48-50-52-54-56-58-60-66(74)71-63(62-78-70-69(77)68(76)67(75)65(61-72)79-70)64(73)59-57-55-53-51-49-47-45-43-41-39-37-35-28-26-24-22-20-18-16-14-12-10-8-6-4-2/h5,7,11,13,17,19,23,25,29-30,32-33,36,38,41-44,49,51,57,59,63-65,67-70,72-73,75-77H,3-4,6,8-10,12,14-16,18,20-22,24,26-28,31,34-35,37,39-40,45-48,50,52-56,58,60-62H2,1-2H3,(H,71,74)/b7-5-,13-11-,19-17-,25-23-,30-29-,33-32-,38-36-,43-41+,44-42-,51-49+,59-57+. The molecule has 0 bridgehead atoms. The van der Waals surface area contributed by atoms with E-state index in [1.807, 2.05) is 6.08 Å². The number of hydrogen-bond donors (Lipinski definition) is 6. The van der Waals surface area contributed by atoms with Gasteiger partial charge in [0.1, 0.15) is 24.4 Å². The largest absolute Gasteiger partial charge is 0.394 e. The molecule has 0 saturated carbocycles. The first-order chi connectivity index (χ1) is 38.8. The minimum absolute atomic E-state index is 0.210. The van der Waals surface area contributed by atoms with E-state index < -0.39 is 49.5 Å². The molecule has 450 valence electrons.